The average Bonchev–Trinajstić information content (AvgIpc) is 2.88. The smallest absolute Gasteiger partial charge is 0.412 e. The van der Waals surface area contributed by atoms with Crippen molar-refractivity contribution in [1.29, 1.82) is 0 Å². The zero-order valence-electron chi connectivity index (χ0n) is 13.6. The number of rotatable bonds is 3. The van der Waals surface area contributed by atoms with Gasteiger partial charge in [-0.2, -0.15) is 0 Å². The summed E-state index contributed by atoms with van der Waals surface area (Å²) >= 11 is 0. The lowest BCUT2D eigenvalue weighted by Gasteiger charge is -2.19. The molecule has 21 heavy (non-hydrogen) atoms. The minimum absolute atomic E-state index is 0.235. The molecule has 1 amide bonds. The fourth-order valence-electron chi connectivity index (χ4n) is 3.08. The summed E-state index contributed by atoms with van der Waals surface area (Å²) in [6.45, 7) is 10.7. The molecule has 0 unspecified atom stereocenters. The SMILES string of the molecule is CC(C)(C)OC(=O)Nc1cccc([C@@H]2[C@@H](CN)C2(C)C)c1. The van der Waals surface area contributed by atoms with Crippen molar-refractivity contribution >= 4 is 11.8 Å². The zero-order valence-corrected chi connectivity index (χ0v) is 13.6. The lowest BCUT2D eigenvalue weighted by atomic mass is 10.0. The summed E-state index contributed by atoms with van der Waals surface area (Å²) in [5.74, 6) is 0.970. The first-order valence-electron chi connectivity index (χ1n) is 7.45. The number of amides is 1. The third kappa shape index (κ3) is 3.56. The van der Waals surface area contributed by atoms with Crippen LogP contribution in [0.5, 0.6) is 0 Å². The second kappa shape index (κ2) is 5.34. The lowest BCUT2D eigenvalue weighted by Crippen LogP contribution is -2.27. The molecule has 3 N–H and O–H groups in total. The molecule has 0 bridgehead atoms. The highest BCUT2D eigenvalue weighted by molar-refractivity contribution is 5.85. The molecule has 0 spiro atoms. The van der Waals surface area contributed by atoms with Gasteiger partial charge in [-0.05, 0) is 62.3 Å². The molecule has 2 rings (SSSR count). The van der Waals surface area contributed by atoms with E-state index < -0.39 is 11.7 Å². The Labute approximate surface area is 127 Å². The van der Waals surface area contributed by atoms with E-state index in [0.29, 0.717) is 18.4 Å². The number of nitrogens with two attached hydrogens (primary N) is 1. The van der Waals surface area contributed by atoms with E-state index in [9.17, 15) is 4.79 Å². The molecule has 0 radical (unpaired) electrons. The summed E-state index contributed by atoms with van der Waals surface area (Å²) in [6.07, 6.45) is -0.426. The summed E-state index contributed by atoms with van der Waals surface area (Å²) in [7, 11) is 0. The minimum Gasteiger partial charge on any atom is -0.444 e. The maximum absolute atomic E-state index is 11.8. The Morgan fingerprint density at radius 3 is 2.57 bits per heavy atom. The van der Waals surface area contributed by atoms with Gasteiger partial charge in [-0.3, -0.25) is 5.32 Å². The highest BCUT2D eigenvalue weighted by atomic mass is 16.6. The van der Waals surface area contributed by atoms with E-state index in [1.54, 1.807) is 0 Å². The van der Waals surface area contributed by atoms with Crippen LogP contribution >= 0.6 is 0 Å². The molecule has 1 aromatic rings. The molecular weight excluding hydrogens is 264 g/mol. The predicted octanol–water partition coefficient (Wildman–Crippen LogP) is 3.73. The van der Waals surface area contributed by atoms with Gasteiger partial charge in [-0.15, -0.1) is 0 Å². The summed E-state index contributed by atoms with van der Waals surface area (Å²) in [4.78, 5) is 11.8. The average molecular weight is 290 g/mol. The number of hydrogen-bond acceptors (Lipinski definition) is 3. The van der Waals surface area contributed by atoms with E-state index in [1.807, 2.05) is 39.0 Å². The van der Waals surface area contributed by atoms with Crippen LogP contribution < -0.4 is 11.1 Å². The lowest BCUT2D eigenvalue weighted by molar-refractivity contribution is 0.0636. The largest absolute Gasteiger partial charge is 0.444 e. The Balaban J connectivity index is 2.08. The normalized spacial score (nSPS) is 23.5. The standard InChI is InChI=1S/C17H26N2O2/c1-16(2,3)21-15(20)19-12-8-6-7-11(9-12)14-13(10-18)17(14,4)5/h6-9,13-14H,10,18H2,1-5H3,(H,19,20)/t13-,14-/m1/s1. The summed E-state index contributed by atoms with van der Waals surface area (Å²) < 4.78 is 5.27. The fraction of sp³-hybridized carbons (Fsp3) is 0.588. The van der Waals surface area contributed by atoms with Gasteiger partial charge in [-0.25, -0.2) is 4.79 Å². The molecule has 1 aliphatic rings. The van der Waals surface area contributed by atoms with Gasteiger partial charge >= 0.3 is 6.09 Å². The van der Waals surface area contributed by atoms with Crippen molar-refractivity contribution in [3.63, 3.8) is 0 Å². The first-order valence-corrected chi connectivity index (χ1v) is 7.45. The molecule has 116 valence electrons. The molecule has 0 aliphatic heterocycles. The van der Waals surface area contributed by atoms with Crippen molar-refractivity contribution in [2.45, 2.75) is 46.1 Å². The second-order valence-corrected chi connectivity index (χ2v) is 7.39. The predicted molar refractivity (Wildman–Crippen MR) is 85.4 cm³/mol. The van der Waals surface area contributed by atoms with E-state index in [2.05, 4.69) is 25.2 Å². The van der Waals surface area contributed by atoms with Crippen LogP contribution in [-0.4, -0.2) is 18.2 Å². The van der Waals surface area contributed by atoms with E-state index in [-0.39, 0.29) is 5.41 Å². The van der Waals surface area contributed by atoms with Gasteiger partial charge in [0.2, 0.25) is 0 Å². The van der Waals surface area contributed by atoms with Crippen LogP contribution in [0.2, 0.25) is 0 Å². The Morgan fingerprint density at radius 1 is 1.38 bits per heavy atom. The quantitative estimate of drug-likeness (QED) is 0.891. The fourth-order valence-corrected chi connectivity index (χ4v) is 3.08. The number of carbonyl (C=O) groups is 1. The van der Waals surface area contributed by atoms with Crippen molar-refractivity contribution in [3.05, 3.63) is 29.8 Å². The van der Waals surface area contributed by atoms with Crippen molar-refractivity contribution in [2.75, 3.05) is 11.9 Å². The third-order valence-electron chi connectivity index (χ3n) is 4.20. The highest BCUT2D eigenvalue weighted by Crippen LogP contribution is 2.63. The van der Waals surface area contributed by atoms with Crippen LogP contribution in [0.3, 0.4) is 0 Å². The highest BCUT2D eigenvalue weighted by Gasteiger charge is 2.57. The van der Waals surface area contributed by atoms with Crippen molar-refractivity contribution in [2.24, 2.45) is 17.1 Å². The maximum atomic E-state index is 11.8. The maximum Gasteiger partial charge on any atom is 0.412 e. The molecule has 1 fully saturated rings. The topological polar surface area (TPSA) is 64.3 Å². The van der Waals surface area contributed by atoms with Crippen LogP contribution in [0.1, 0.15) is 46.1 Å². The van der Waals surface area contributed by atoms with E-state index in [1.165, 1.54) is 5.56 Å². The van der Waals surface area contributed by atoms with Crippen LogP contribution in [0.15, 0.2) is 24.3 Å². The van der Waals surface area contributed by atoms with Crippen LogP contribution in [0.25, 0.3) is 0 Å². The van der Waals surface area contributed by atoms with E-state index in [0.717, 1.165) is 5.69 Å². The molecule has 1 aromatic carbocycles. The monoisotopic (exact) mass is 290 g/mol. The number of hydrogen-bond donors (Lipinski definition) is 2. The van der Waals surface area contributed by atoms with Crippen molar-refractivity contribution < 1.29 is 9.53 Å². The van der Waals surface area contributed by atoms with Crippen LogP contribution in [-0.2, 0) is 4.74 Å². The van der Waals surface area contributed by atoms with Gasteiger partial charge in [0.15, 0.2) is 0 Å². The molecule has 1 saturated carbocycles. The molecule has 0 saturated heterocycles. The number of ether oxygens (including phenoxy) is 1. The van der Waals surface area contributed by atoms with Gasteiger partial charge in [0.1, 0.15) is 5.60 Å². The summed E-state index contributed by atoms with van der Waals surface area (Å²) in [6, 6.07) is 7.96. The van der Waals surface area contributed by atoms with Crippen LogP contribution in [0, 0.1) is 11.3 Å². The first kappa shape index (κ1) is 15.8. The Bertz CT molecular complexity index is 532. The van der Waals surface area contributed by atoms with E-state index >= 15 is 0 Å². The van der Waals surface area contributed by atoms with Gasteiger partial charge in [0, 0.05) is 5.69 Å². The van der Waals surface area contributed by atoms with E-state index in [4.69, 9.17) is 10.5 Å². The van der Waals surface area contributed by atoms with Gasteiger partial charge in [0.25, 0.3) is 0 Å². The van der Waals surface area contributed by atoms with Crippen molar-refractivity contribution in [3.8, 4) is 0 Å². The molecule has 0 heterocycles. The molecular formula is C17H26N2O2. The van der Waals surface area contributed by atoms with Gasteiger partial charge in [0.05, 0.1) is 0 Å². The van der Waals surface area contributed by atoms with Gasteiger partial charge in [-0.1, -0.05) is 26.0 Å². The summed E-state index contributed by atoms with van der Waals surface area (Å²) in [5.41, 5.74) is 7.57. The zero-order chi connectivity index (χ0) is 15.8. The minimum atomic E-state index is -0.495. The molecule has 4 heteroatoms. The number of benzene rings is 1. The second-order valence-electron chi connectivity index (χ2n) is 7.39. The Kier molecular flexibility index (Phi) is 4.02. The molecule has 1 aliphatic carbocycles. The number of carbonyl (C=O) groups excluding carboxylic acids is 1. The van der Waals surface area contributed by atoms with Gasteiger partial charge < -0.3 is 10.5 Å². The third-order valence-corrected chi connectivity index (χ3v) is 4.20. The van der Waals surface area contributed by atoms with Crippen LogP contribution in [0.4, 0.5) is 10.5 Å². The molecule has 0 aromatic heterocycles. The Morgan fingerprint density at radius 2 is 2.05 bits per heavy atom. The Hall–Kier alpha value is -1.55. The number of nitrogens with one attached hydrogen (secondary N) is 1. The summed E-state index contributed by atoms with van der Waals surface area (Å²) in [5, 5.41) is 2.79. The number of anilines is 1. The first-order chi connectivity index (χ1) is 9.65. The molecule has 2 atom stereocenters. The van der Waals surface area contributed by atoms with Crippen molar-refractivity contribution in [1.82, 2.24) is 0 Å². The molecule has 4 nitrogen and oxygen atoms in total.